The SMILES string of the molecule is CSCCC(NC(C)=O)C(O)C(O)C(Cc1cc(F)cc(F)c1)NC(=O)c1csc(NS(C)(=O)=O)n1. The largest absolute Gasteiger partial charge is 0.388 e. The Morgan fingerprint density at radius 3 is 2.28 bits per heavy atom. The summed E-state index contributed by atoms with van der Waals surface area (Å²) in [6.07, 6.45) is -0.416. The fraction of sp³-hybridized carbons (Fsp3) is 0.476. The number of carbonyl (C=O) groups is 2. The summed E-state index contributed by atoms with van der Waals surface area (Å²) < 4.78 is 52.5. The van der Waals surface area contributed by atoms with Crippen LogP contribution in [-0.4, -0.2) is 78.0 Å². The average molecular weight is 567 g/mol. The number of aliphatic hydroxyl groups excluding tert-OH is 2. The van der Waals surface area contributed by atoms with Gasteiger partial charge < -0.3 is 20.8 Å². The van der Waals surface area contributed by atoms with Crippen LogP contribution in [0.3, 0.4) is 0 Å². The molecule has 0 saturated carbocycles. The Morgan fingerprint density at radius 2 is 1.72 bits per heavy atom. The van der Waals surface area contributed by atoms with Crippen LogP contribution >= 0.6 is 23.1 Å². The zero-order valence-corrected chi connectivity index (χ0v) is 22.1. The number of aliphatic hydroxyl groups is 2. The lowest BCUT2D eigenvalue weighted by molar-refractivity contribution is -0.121. The third-order valence-electron chi connectivity index (χ3n) is 4.90. The molecule has 4 unspecified atom stereocenters. The first kappa shape index (κ1) is 29.9. The minimum atomic E-state index is -3.63. The number of carbonyl (C=O) groups excluding carboxylic acids is 2. The molecule has 5 N–H and O–H groups in total. The molecule has 2 amide bonds. The van der Waals surface area contributed by atoms with E-state index in [9.17, 15) is 37.0 Å². The summed E-state index contributed by atoms with van der Waals surface area (Å²) >= 11 is 2.31. The van der Waals surface area contributed by atoms with Crippen LogP contribution in [-0.2, 0) is 21.2 Å². The number of thioether (sulfide) groups is 1. The number of nitrogens with one attached hydrogen (secondary N) is 3. The standard InChI is InChI=1S/C21H28F2N4O6S3/c1-11(28)24-15(4-5-34-2)18(29)19(30)16(8-12-6-13(22)9-14(23)7-12)25-20(31)17-10-35-21(26-17)27-36(3,32)33/h6-7,9-10,15-16,18-19,29-30H,4-5,8H2,1-3H3,(H,24,28)(H,25,31)(H,26,27). The molecule has 10 nitrogen and oxygen atoms in total. The van der Waals surface area contributed by atoms with Crippen LogP contribution in [0.1, 0.15) is 29.4 Å². The molecular weight excluding hydrogens is 538 g/mol. The molecule has 1 aromatic carbocycles. The van der Waals surface area contributed by atoms with Crippen molar-refractivity contribution in [2.45, 2.75) is 44.1 Å². The Morgan fingerprint density at radius 1 is 1.11 bits per heavy atom. The van der Waals surface area contributed by atoms with Crippen molar-refractivity contribution in [3.8, 4) is 0 Å². The molecule has 0 aliphatic rings. The van der Waals surface area contributed by atoms with E-state index in [1.807, 2.05) is 6.26 Å². The molecule has 0 aliphatic heterocycles. The number of sulfonamides is 1. The molecule has 2 rings (SSSR count). The molecular formula is C21H28F2N4O6S3. The van der Waals surface area contributed by atoms with Crippen molar-refractivity contribution in [1.82, 2.24) is 15.6 Å². The van der Waals surface area contributed by atoms with Crippen LogP contribution in [0.2, 0.25) is 0 Å². The fourth-order valence-corrected chi connectivity index (χ4v) is 5.41. The Kier molecular flexibility index (Phi) is 11.0. The molecule has 0 radical (unpaired) electrons. The van der Waals surface area contributed by atoms with Gasteiger partial charge in [-0.2, -0.15) is 11.8 Å². The molecule has 0 fully saturated rings. The lowest BCUT2D eigenvalue weighted by Crippen LogP contribution is -2.56. The van der Waals surface area contributed by atoms with E-state index in [1.165, 1.54) is 24.1 Å². The van der Waals surface area contributed by atoms with E-state index in [-0.39, 0.29) is 22.8 Å². The molecule has 36 heavy (non-hydrogen) atoms. The van der Waals surface area contributed by atoms with Crippen molar-refractivity contribution in [2.24, 2.45) is 0 Å². The molecule has 0 aliphatic carbocycles. The molecule has 4 atom stereocenters. The van der Waals surface area contributed by atoms with Crippen LogP contribution in [0.25, 0.3) is 0 Å². The molecule has 15 heteroatoms. The van der Waals surface area contributed by atoms with Crippen LogP contribution in [0.4, 0.5) is 13.9 Å². The van der Waals surface area contributed by atoms with Crippen molar-refractivity contribution in [2.75, 3.05) is 23.0 Å². The molecule has 1 aromatic heterocycles. The van der Waals surface area contributed by atoms with Gasteiger partial charge in [-0.1, -0.05) is 0 Å². The lowest BCUT2D eigenvalue weighted by atomic mass is 9.92. The zero-order chi connectivity index (χ0) is 27.0. The normalized spacial score (nSPS) is 15.0. The third kappa shape index (κ3) is 9.61. The van der Waals surface area contributed by atoms with Gasteiger partial charge in [0.1, 0.15) is 29.5 Å². The molecule has 2 aromatic rings. The first-order valence-electron chi connectivity index (χ1n) is 10.6. The summed E-state index contributed by atoms with van der Waals surface area (Å²) in [5.74, 6) is -2.43. The number of benzene rings is 1. The number of thiazole rings is 1. The van der Waals surface area contributed by atoms with E-state index in [0.29, 0.717) is 18.2 Å². The summed E-state index contributed by atoms with van der Waals surface area (Å²) in [6, 6.07) is 0.600. The van der Waals surface area contributed by atoms with Crippen molar-refractivity contribution in [1.29, 1.82) is 0 Å². The molecule has 1 heterocycles. The van der Waals surface area contributed by atoms with Gasteiger partial charge in [-0.25, -0.2) is 22.2 Å². The van der Waals surface area contributed by atoms with Crippen molar-refractivity contribution in [3.05, 3.63) is 46.5 Å². The maximum absolute atomic E-state index is 13.8. The molecule has 200 valence electrons. The quantitative estimate of drug-likeness (QED) is 0.241. The summed E-state index contributed by atoms with van der Waals surface area (Å²) in [4.78, 5) is 28.4. The second-order valence-electron chi connectivity index (χ2n) is 8.04. The first-order chi connectivity index (χ1) is 16.8. The van der Waals surface area contributed by atoms with Gasteiger partial charge in [0.15, 0.2) is 5.13 Å². The van der Waals surface area contributed by atoms with Gasteiger partial charge in [-0.05, 0) is 42.5 Å². The number of halogens is 2. The summed E-state index contributed by atoms with van der Waals surface area (Å²) in [5.41, 5.74) is -0.0778. The van der Waals surface area contributed by atoms with Crippen LogP contribution in [0.5, 0.6) is 0 Å². The second-order valence-corrected chi connectivity index (χ2v) is 11.6. The average Bonchev–Trinajstić information content (AvgIpc) is 3.21. The molecule has 0 spiro atoms. The van der Waals surface area contributed by atoms with Gasteiger partial charge in [0.05, 0.1) is 18.3 Å². The van der Waals surface area contributed by atoms with E-state index in [0.717, 1.165) is 29.7 Å². The van der Waals surface area contributed by atoms with Gasteiger partial charge in [0.2, 0.25) is 15.9 Å². The highest BCUT2D eigenvalue weighted by Crippen LogP contribution is 2.19. The Bertz CT molecular complexity index is 1140. The predicted octanol–water partition coefficient (Wildman–Crippen LogP) is 1.11. The van der Waals surface area contributed by atoms with Gasteiger partial charge in [-0.3, -0.25) is 14.3 Å². The minimum Gasteiger partial charge on any atom is -0.388 e. The topological polar surface area (TPSA) is 158 Å². The Balaban J connectivity index is 2.32. The van der Waals surface area contributed by atoms with Gasteiger partial charge in [-0.15, -0.1) is 11.3 Å². The Labute approximate surface area is 216 Å². The van der Waals surface area contributed by atoms with E-state index >= 15 is 0 Å². The molecule has 0 bridgehead atoms. The number of rotatable bonds is 13. The van der Waals surface area contributed by atoms with Crippen molar-refractivity contribution in [3.63, 3.8) is 0 Å². The highest BCUT2D eigenvalue weighted by atomic mass is 32.2. The van der Waals surface area contributed by atoms with Gasteiger partial charge >= 0.3 is 0 Å². The van der Waals surface area contributed by atoms with Gasteiger partial charge in [0, 0.05) is 18.4 Å². The number of hydrogen-bond donors (Lipinski definition) is 5. The van der Waals surface area contributed by atoms with E-state index in [2.05, 4.69) is 20.3 Å². The summed E-state index contributed by atoms with van der Waals surface area (Å²) in [5, 5.41) is 28.1. The van der Waals surface area contributed by atoms with Crippen LogP contribution < -0.4 is 15.4 Å². The van der Waals surface area contributed by atoms with Crippen LogP contribution in [0, 0.1) is 11.6 Å². The lowest BCUT2D eigenvalue weighted by Gasteiger charge is -2.32. The van der Waals surface area contributed by atoms with Gasteiger partial charge in [0.25, 0.3) is 5.91 Å². The Hall–Kier alpha value is -2.33. The number of nitrogens with zero attached hydrogens (tertiary/aromatic N) is 1. The van der Waals surface area contributed by atoms with Crippen molar-refractivity contribution >= 4 is 50.1 Å². The highest BCUT2D eigenvalue weighted by Gasteiger charge is 2.34. The van der Waals surface area contributed by atoms with E-state index in [1.54, 1.807) is 0 Å². The predicted molar refractivity (Wildman–Crippen MR) is 135 cm³/mol. The first-order valence-corrected chi connectivity index (χ1v) is 14.8. The van der Waals surface area contributed by atoms with E-state index in [4.69, 9.17) is 0 Å². The minimum absolute atomic E-state index is 0.0604. The van der Waals surface area contributed by atoms with E-state index < -0.39 is 57.8 Å². The monoisotopic (exact) mass is 566 g/mol. The fourth-order valence-electron chi connectivity index (χ4n) is 3.38. The maximum atomic E-state index is 13.8. The van der Waals surface area contributed by atoms with Crippen LogP contribution in [0.15, 0.2) is 23.6 Å². The summed E-state index contributed by atoms with van der Waals surface area (Å²) in [7, 11) is -3.63. The smallest absolute Gasteiger partial charge is 0.271 e. The maximum Gasteiger partial charge on any atom is 0.271 e. The third-order valence-corrected chi connectivity index (χ3v) is 7.00. The molecule has 0 saturated heterocycles. The summed E-state index contributed by atoms with van der Waals surface area (Å²) in [6.45, 7) is 1.25. The number of amides is 2. The van der Waals surface area contributed by atoms with Crippen molar-refractivity contribution < 1.29 is 37.0 Å². The number of aromatic nitrogens is 1. The number of anilines is 1. The second kappa shape index (κ2) is 13.3. The zero-order valence-electron chi connectivity index (χ0n) is 19.7. The highest BCUT2D eigenvalue weighted by molar-refractivity contribution is 7.98. The number of hydrogen-bond acceptors (Lipinski definition) is 9.